The molecule has 90 valence electrons. The molecule has 0 aromatic carbocycles. The third-order valence-electron chi connectivity index (χ3n) is 2.70. The van der Waals surface area contributed by atoms with E-state index in [1.54, 1.807) is 0 Å². The Kier molecular flexibility index (Phi) is 4.68. The molecule has 1 heterocycles. The summed E-state index contributed by atoms with van der Waals surface area (Å²) in [6.07, 6.45) is 0.484. The number of carbonyl (C=O) groups excluding carboxylic acids is 1. The van der Waals surface area contributed by atoms with Crippen molar-refractivity contribution in [3.63, 3.8) is 0 Å². The lowest BCUT2D eigenvalue weighted by Gasteiger charge is -2.10. The summed E-state index contributed by atoms with van der Waals surface area (Å²) in [4.78, 5) is 11.9. The van der Waals surface area contributed by atoms with E-state index >= 15 is 0 Å². The lowest BCUT2D eigenvalue weighted by Crippen LogP contribution is -2.25. The van der Waals surface area contributed by atoms with Crippen LogP contribution in [0.3, 0.4) is 0 Å². The minimum absolute atomic E-state index is 0.0607. The van der Waals surface area contributed by atoms with E-state index in [0.29, 0.717) is 6.42 Å². The van der Waals surface area contributed by atoms with Crippen LogP contribution in [-0.2, 0) is 17.8 Å². The monoisotopic (exact) mass is 223 g/mol. The van der Waals surface area contributed by atoms with E-state index in [0.717, 1.165) is 24.5 Å². The minimum atomic E-state index is 0.0607. The van der Waals surface area contributed by atoms with Crippen LogP contribution in [-0.4, -0.2) is 29.2 Å². The Labute approximate surface area is 97.0 Å². The minimum Gasteiger partial charge on any atom is -0.319 e. The predicted octanol–water partition coefficient (Wildman–Crippen LogP) is 1.18. The van der Waals surface area contributed by atoms with Crippen LogP contribution in [0.25, 0.3) is 0 Å². The van der Waals surface area contributed by atoms with E-state index in [1.165, 1.54) is 0 Å². The van der Waals surface area contributed by atoms with E-state index in [2.05, 4.69) is 10.4 Å². The summed E-state index contributed by atoms with van der Waals surface area (Å²) >= 11 is 0. The molecule has 0 bridgehead atoms. The largest absolute Gasteiger partial charge is 0.319 e. The highest BCUT2D eigenvalue weighted by Gasteiger charge is 2.15. The van der Waals surface area contributed by atoms with Gasteiger partial charge in [-0.3, -0.25) is 9.48 Å². The van der Waals surface area contributed by atoms with Gasteiger partial charge < -0.3 is 5.32 Å². The highest BCUT2D eigenvalue weighted by molar-refractivity contribution is 5.82. The molecule has 1 aromatic rings. The fourth-order valence-corrected chi connectivity index (χ4v) is 1.79. The van der Waals surface area contributed by atoms with Crippen molar-refractivity contribution in [1.29, 1.82) is 0 Å². The van der Waals surface area contributed by atoms with Gasteiger partial charge in [0, 0.05) is 31.1 Å². The van der Waals surface area contributed by atoms with Crippen LogP contribution in [0.2, 0.25) is 0 Å². The van der Waals surface area contributed by atoms with Crippen LogP contribution in [0.15, 0.2) is 6.07 Å². The lowest BCUT2D eigenvalue weighted by atomic mass is 10.0. The average molecular weight is 223 g/mol. The van der Waals surface area contributed by atoms with Crippen molar-refractivity contribution in [1.82, 2.24) is 15.1 Å². The predicted molar refractivity (Wildman–Crippen MR) is 64.4 cm³/mol. The molecule has 1 N–H and O–H groups in total. The normalized spacial score (nSPS) is 12.8. The molecular formula is C12H21N3O. The Balaban J connectivity index is 2.68. The number of rotatable bonds is 6. The van der Waals surface area contributed by atoms with Crippen LogP contribution >= 0.6 is 0 Å². The third kappa shape index (κ3) is 3.17. The molecule has 4 heteroatoms. The molecule has 0 aliphatic carbocycles. The Morgan fingerprint density at radius 1 is 1.62 bits per heavy atom. The zero-order valence-electron chi connectivity index (χ0n) is 10.6. The van der Waals surface area contributed by atoms with Crippen molar-refractivity contribution in [2.24, 2.45) is 5.92 Å². The van der Waals surface area contributed by atoms with Crippen molar-refractivity contribution < 1.29 is 4.79 Å². The summed E-state index contributed by atoms with van der Waals surface area (Å²) in [6.45, 7) is 7.50. The lowest BCUT2D eigenvalue weighted by molar-refractivity contribution is -0.121. The van der Waals surface area contributed by atoms with Gasteiger partial charge in [0.1, 0.15) is 5.78 Å². The maximum atomic E-state index is 11.9. The van der Waals surface area contributed by atoms with Gasteiger partial charge in [-0.25, -0.2) is 0 Å². The smallest absolute Gasteiger partial charge is 0.142 e. The third-order valence-corrected chi connectivity index (χ3v) is 2.70. The Morgan fingerprint density at radius 3 is 2.88 bits per heavy atom. The number of hydrogen-bond donors (Lipinski definition) is 1. The first kappa shape index (κ1) is 12.9. The molecule has 0 amide bonds. The number of carbonyl (C=O) groups is 1. The number of Topliss-reactive ketones (excluding diaryl/α,β-unsaturated/α-hetero) is 1. The van der Waals surface area contributed by atoms with Crippen LogP contribution in [0.5, 0.6) is 0 Å². The van der Waals surface area contributed by atoms with Gasteiger partial charge in [0.15, 0.2) is 0 Å². The Hall–Kier alpha value is -1.16. The van der Waals surface area contributed by atoms with Crippen LogP contribution in [0.4, 0.5) is 0 Å². The van der Waals surface area contributed by atoms with Crippen LogP contribution in [0.1, 0.15) is 25.2 Å². The topological polar surface area (TPSA) is 46.9 Å². The van der Waals surface area contributed by atoms with Crippen LogP contribution in [0, 0.1) is 12.8 Å². The molecule has 0 saturated carbocycles. The maximum Gasteiger partial charge on any atom is 0.142 e. The van der Waals surface area contributed by atoms with Crippen molar-refractivity contribution in [3.8, 4) is 0 Å². The first-order chi connectivity index (χ1) is 7.58. The molecule has 16 heavy (non-hydrogen) atoms. The van der Waals surface area contributed by atoms with Gasteiger partial charge in [-0.05, 0) is 27.0 Å². The van der Waals surface area contributed by atoms with Crippen molar-refractivity contribution in [2.45, 2.75) is 33.7 Å². The van der Waals surface area contributed by atoms with Gasteiger partial charge in [0.05, 0.1) is 5.69 Å². The van der Waals surface area contributed by atoms with Gasteiger partial charge in [-0.15, -0.1) is 0 Å². The number of aryl methyl sites for hydroxylation is 2. The highest BCUT2D eigenvalue weighted by Crippen LogP contribution is 2.08. The van der Waals surface area contributed by atoms with Gasteiger partial charge in [-0.2, -0.15) is 5.10 Å². The van der Waals surface area contributed by atoms with Crippen molar-refractivity contribution >= 4 is 5.78 Å². The zero-order valence-corrected chi connectivity index (χ0v) is 10.6. The summed E-state index contributed by atoms with van der Waals surface area (Å²) in [5.74, 6) is 0.328. The van der Waals surface area contributed by atoms with E-state index < -0.39 is 0 Å². The molecule has 1 aromatic heterocycles. The molecule has 4 nitrogen and oxygen atoms in total. The first-order valence-electron chi connectivity index (χ1n) is 5.79. The molecule has 1 unspecified atom stereocenters. The Morgan fingerprint density at radius 2 is 2.31 bits per heavy atom. The Bertz CT molecular complexity index is 357. The van der Waals surface area contributed by atoms with E-state index in [-0.39, 0.29) is 11.7 Å². The molecule has 1 rings (SSSR count). The fraction of sp³-hybridized carbons (Fsp3) is 0.667. The number of hydrogen-bond acceptors (Lipinski definition) is 3. The first-order valence-corrected chi connectivity index (χ1v) is 5.79. The highest BCUT2D eigenvalue weighted by atomic mass is 16.1. The SMILES string of the molecule is CCn1nc(C)cc1CC(=O)C(C)CNC. The van der Waals surface area contributed by atoms with Crippen molar-refractivity contribution in [2.75, 3.05) is 13.6 Å². The van der Waals surface area contributed by atoms with Gasteiger partial charge >= 0.3 is 0 Å². The fourth-order valence-electron chi connectivity index (χ4n) is 1.79. The summed E-state index contributed by atoms with van der Waals surface area (Å²) in [7, 11) is 1.87. The van der Waals surface area contributed by atoms with E-state index in [4.69, 9.17) is 0 Å². The second-order valence-corrected chi connectivity index (χ2v) is 4.19. The molecule has 0 spiro atoms. The molecule has 0 aliphatic rings. The second kappa shape index (κ2) is 5.80. The molecule has 0 radical (unpaired) electrons. The molecule has 0 fully saturated rings. The maximum absolute atomic E-state index is 11.9. The summed E-state index contributed by atoms with van der Waals surface area (Å²) in [5.41, 5.74) is 2.00. The van der Waals surface area contributed by atoms with Crippen molar-refractivity contribution in [3.05, 3.63) is 17.5 Å². The number of nitrogens with zero attached hydrogens (tertiary/aromatic N) is 2. The standard InChI is InChI=1S/C12H21N3O/c1-5-15-11(6-10(3)14-15)7-12(16)9(2)8-13-4/h6,9,13H,5,7-8H2,1-4H3. The number of nitrogens with one attached hydrogen (secondary N) is 1. The summed E-state index contributed by atoms with van der Waals surface area (Å²) < 4.78 is 1.90. The molecule has 0 saturated heterocycles. The number of aromatic nitrogens is 2. The quantitative estimate of drug-likeness (QED) is 0.787. The zero-order chi connectivity index (χ0) is 12.1. The van der Waals surface area contributed by atoms with Gasteiger partial charge in [0.2, 0.25) is 0 Å². The number of ketones is 1. The van der Waals surface area contributed by atoms with Gasteiger partial charge in [-0.1, -0.05) is 6.92 Å². The molecule has 1 atom stereocenters. The summed E-state index contributed by atoms with van der Waals surface area (Å²) in [5, 5.41) is 7.36. The average Bonchev–Trinajstić information content (AvgIpc) is 2.59. The summed E-state index contributed by atoms with van der Waals surface area (Å²) in [6, 6.07) is 1.99. The van der Waals surface area contributed by atoms with Crippen LogP contribution < -0.4 is 5.32 Å². The van der Waals surface area contributed by atoms with E-state index in [9.17, 15) is 4.79 Å². The molecule has 0 aliphatic heterocycles. The van der Waals surface area contributed by atoms with Gasteiger partial charge in [0.25, 0.3) is 0 Å². The van der Waals surface area contributed by atoms with E-state index in [1.807, 2.05) is 38.6 Å². The second-order valence-electron chi connectivity index (χ2n) is 4.19. The molecular weight excluding hydrogens is 202 g/mol.